The first-order valence-corrected chi connectivity index (χ1v) is 20.9. The van der Waals surface area contributed by atoms with E-state index in [0.717, 1.165) is 77.1 Å². The Labute approximate surface area is 346 Å². The molecule has 5 aromatic rings. The van der Waals surface area contributed by atoms with Crippen molar-refractivity contribution in [3.8, 4) is 11.0 Å². The molecule has 13 heteroatoms. The molecule has 1 spiro atoms. The molecule has 10 rings (SSSR count). The van der Waals surface area contributed by atoms with Crippen LogP contribution in [0.2, 0.25) is 0 Å². The summed E-state index contributed by atoms with van der Waals surface area (Å²) < 4.78 is 9.21. The maximum absolute atomic E-state index is 12.8. The van der Waals surface area contributed by atoms with Crippen molar-refractivity contribution in [3.63, 3.8) is 0 Å². The van der Waals surface area contributed by atoms with Crippen LogP contribution in [0.25, 0.3) is 0 Å². The molecule has 1 amide bonds. The molecular formula is C44H44CuN9O2S. The van der Waals surface area contributed by atoms with Crippen LogP contribution in [-0.2, 0) is 65.6 Å². The van der Waals surface area contributed by atoms with Crippen LogP contribution < -0.4 is 9.80 Å². The number of anilines is 2. The van der Waals surface area contributed by atoms with Gasteiger partial charge in [-0.25, -0.2) is 9.97 Å². The van der Waals surface area contributed by atoms with E-state index < -0.39 is 5.60 Å². The number of hydrogen-bond acceptors (Lipinski definition) is 10. The number of aryl methyl sites for hydroxylation is 1. The number of ether oxygens (including phenoxy) is 1. The number of hydrogen-bond donors (Lipinski definition) is 0. The number of nitriles is 2. The van der Waals surface area contributed by atoms with Crippen molar-refractivity contribution in [2.45, 2.75) is 75.1 Å². The van der Waals surface area contributed by atoms with Crippen molar-refractivity contribution in [1.82, 2.24) is 24.6 Å². The number of rotatable bonds is 8. The second kappa shape index (κ2) is 16.4. The molecule has 2 aliphatic heterocycles. The molecular weight excluding hydrogens is 782 g/mol. The zero-order chi connectivity index (χ0) is 39.7. The Kier molecular flexibility index (Phi) is 11.1. The summed E-state index contributed by atoms with van der Waals surface area (Å²) in [4.78, 5) is 30.6. The topological polar surface area (TPSA) is 127 Å². The molecule has 2 aromatic heterocycles. The van der Waals surface area contributed by atoms with E-state index in [1.54, 1.807) is 30.8 Å². The van der Waals surface area contributed by atoms with Gasteiger partial charge in [0, 0.05) is 57.8 Å². The summed E-state index contributed by atoms with van der Waals surface area (Å²) in [6.45, 7) is 3.85. The van der Waals surface area contributed by atoms with E-state index in [4.69, 9.17) is 20.0 Å². The maximum atomic E-state index is 12.8. The van der Waals surface area contributed by atoms with Crippen LogP contribution >= 0.6 is 11.8 Å². The van der Waals surface area contributed by atoms with Crippen molar-refractivity contribution in [3.05, 3.63) is 129 Å². The zero-order valence-corrected chi connectivity index (χ0v) is 34.0. The van der Waals surface area contributed by atoms with E-state index in [0.29, 0.717) is 50.2 Å². The Morgan fingerprint density at radius 2 is 1.68 bits per heavy atom. The second-order valence-electron chi connectivity index (χ2n) is 15.3. The molecule has 0 saturated heterocycles. The first-order valence-electron chi connectivity index (χ1n) is 19.2. The number of fused-ring (bicyclic) bond motifs is 2. The predicted octanol–water partition coefficient (Wildman–Crippen LogP) is 7.08. The fourth-order valence-electron chi connectivity index (χ4n) is 9.11. The second-order valence-corrected chi connectivity index (χ2v) is 16.3. The number of aromatic nitrogens is 4. The molecule has 0 radical (unpaired) electrons. The Morgan fingerprint density at radius 3 is 2.32 bits per heavy atom. The molecule has 2 bridgehead atoms. The Bertz CT molecular complexity index is 2330. The molecule has 1 saturated carbocycles. The molecule has 0 N–H and O–H groups in total. The van der Waals surface area contributed by atoms with E-state index in [2.05, 4.69) is 97.6 Å². The fraction of sp³-hybridized carbons (Fsp3) is 0.364. The minimum atomic E-state index is -0.649. The summed E-state index contributed by atoms with van der Waals surface area (Å²) in [6, 6.07) is 30.1. The third kappa shape index (κ3) is 7.30. The van der Waals surface area contributed by atoms with Gasteiger partial charge in [-0.15, -0.1) is 0 Å². The van der Waals surface area contributed by atoms with Crippen molar-refractivity contribution in [1.29, 1.82) is 10.5 Å². The summed E-state index contributed by atoms with van der Waals surface area (Å²) >= 11 is 5.37. The number of benzene rings is 3. The van der Waals surface area contributed by atoms with Gasteiger partial charge in [-0.3, -0.25) is 9.48 Å². The Hall–Kier alpha value is -5.17. The summed E-state index contributed by atoms with van der Waals surface area (Å²) in [5.74, 6) is 1.54. The van der Waals surface area contributed by atoms with Crippen LogP contribution in [0.4, 0.5) is 11.5 Å². The number of carbonyl (C=O) groups is 1. The molecule has 57 heavy (non-hydrogen) atoms. The van der Waals surface area contributed by atoms with Gasteiger partial charge in [-0.2, -0.15) is 10.4 Å². The van der Waals surface area contributed by atoms with Crippen LogP contribution in [0.15, 0.2) is 84.0 Å². The standard InChI is InChI=1S/C43H44N8O2S.CN.Cu/c1-48(2)41(52)36-21-32-26-49(17-10-18-51(32)47-36)40-35-27-53-43(22-37(35)45-42(46-40)54-3)31-19-30(20-31)33-15-16-38(34(23-44)39(33)43)50(24-28-11-6-4-7-12-28)25-29-13-8-5-9-14-29;1-2;/h4-9,11-16,21,30-31H,10,17-20,22,24-27H2,1-3H3;;. The predicted molar refractivity (Wildman–Crippen MR) is 215 cm³/mol. The van der Waals surface area contributed by atoms with Gasteiger partial charge in [-0.1, -0.05) is 78.5 Å². The van der Waals surface area contributed by atoms with Crippen LogP contribution in [0.5, 0.6) is 0 Å². The molecule has 3 aromatic carbocycles. The minimum absolute atomic E-state index is 0.0981. The molecule has 5 aliphatic rings. The third-order valence-corrected chi connectivity index (χ3v) is 12.4. The van der Waals surface area contributed by atoms with E-state index in [-0.39, 0.29) is 5.91 Å². The van der Waals surface area contributed by atoms with Crippen LogP contribution in [0.3, 0.4) is 0 Å². The Balaban J connectivity index is 0.00000147. The average molecular weight is 827 g/mol. The normalized spacial score (nSPS) is 19.9. The molecule has 294 valence electrons. The quantitative estimate of drug-likeness (QED) is 0.0911. The molecule has 1 unspecified atom stereocenters. The first kappa shape index (κ1) is 38.7. The fourth-order valence-corrected chi connectivity index (χ4v) is 9.49. The van der Waals surface area contributed by atoms with Gasteiger partial charge in [-0.05, 0) is 66.2 Å². The number of amides is 1. The van der Waals surface area contributed by atoms with Gasteiger partial charge in [0.05, 0.1) is 35.8 Å². The van der Waals surface area contributed by atoms with Crippen LogP contribution in [-0.4, -0.2) is 57.5 Å². The SMILES string of the molecule is CSc1nc2c(c(N3CCCn4nc(C(=O)N(C)C)cc4C3)n1)COC1(C2)c2c(ccc(N(Cc3ccccc3)Cc3ccccc3)c2C#N)C2CC1C2.N#[C][Cu]. The number of nitrogens with zero attached hydrogens (tertiary/aromatic N) is 9. The third-order valence-electron chi connectivity index (χ3n) is 11.8. The first-order chi connectivity index (χ1) is 27.8. The van der Waals surface area contributed by atoms with Gasteiger partial charge in [0.25, 0.3) is 5.91 Å². The molecule has 1 atom stereocenters. The zero-order valence-electron chi connectivity index (χ0n) is 32.3. The van der Waals surface area contributed by atoms with Crippen LogP contribution in [0.1, 0.15) is 80.4 Å². The van der Waals surface area contributed by atoms with E-state index in [1.165, 1.54) is 21.7 Å². The average Bonchev–Trinajstić information content (AvgIpc) is 3.50. The van der Waals surface area contributed by atoms with Crippen molar-refractivity contribution < 1.29 is 25.5 Å². The van der Waals surface area contributed by atoms with Gasteiger partial charge in [0.1, 0.15) is 17.5 Å². The van der Waals surface area contributed by atoms with Crippen molar-refractivity contribution in [2.75, 3.05) is 36.7 Å². The van der Waals surface area contributed by atoms with Gasteiger partial charge >= 0.3 is 26.2 Å². The van der Waals surface area contributed by atoms with Gasteiger partial charge < -0.3 is 19.4 Å². The van der Waals surface area contributed by atoms with Crippen LogP contribution in [0, 0.1) is 27.5 Å². The summed E-state index contributed by atoms with van der Waals surface area (Å²) in [7, 11) is 3.51. The summed E-state index contributed by atoms with van der Waals surface area (Å²) in [6.07, 6.45) is 5.61. The molecule has 4 heterocycles. The van der Waals surface area contributed by atoms with Gasteiger partial charge in [0.15, 0.2) is 10.9 Å². The van der Waals surface area contributed by atoms with E-state index >= 15 is 0 Å². The monoisotopic (exact) mass is 825 g/mol. The van der Waals surface area contributed by atoms with Crippen molar-refractivity contribution >= 4 is 29.2 Å². The van der Waals surface area contributed by atoms with E-state index in [9.17, 15) is 10.1 Å². The number of carbonyl (C=O) groups excluding carboxylic acids is 1. The molecule has 1 fully saturated rings. The van der Waals surface area contributed by atoms with E-state index in [1.807, 2.05) is 29.1 Å². The van der Waals surface area contributed by atoms with Gasteiger partial charge in [0.2, 0.25) is 0 Å². The summed E-state index contributed by atoms with van der Waals surface area (Å²) in [5, 5.41) is 23.7. The molecule has 11 nitrogen and oxygen atoms in total. The Morgan fingerprint density at radius 1 is 1.00 bits per heavy atom. The van der Waals surface area contributed by atoms with Crippen molar-refractivity contribution in [2.24, 2.45) is 5.92 Å². The summed E-state index contributed by atoms with van der Waals surface area (Å²) in [5.41, 5.74) is 9.21. The molecule has 3 aliphatic carbocycles. The number of thioether (sulfide) groups is 1.